The first kappa shape index (κ1) is 16.7. The van der Waals surface area contributed by atoms with E-state index in [1.165, 1.54) is 24.0 Å². The molecule has 0 unspecified atom stereocenters. The third kappa shape index (κ3) is 3.49. The summed E-state index contributed by atoms with van der Waals surface area (Å²) in [6, 6.07) is 9.22. The van der Waals surface area contributed by atoms with Crippen molar-refractivity contribution in [1.82, 2.24) is 5.32 Å². The quantitative estimate of drug-likeness (QED) is 0.847. The molecule has 1 aliphatic heterocycles. The Hall–Kier alpha value is -2.18. The maximum Gasteiger partial charge on any atom is 0.327 e. The molecule has 2 heterocycles. The molecule has 0 aliphatic carbocycles. The number of thiophene rings is 1. The third-order valence-corrected chi connectivity index (χ3v) is 4.88. The van der Waals surface area contributed by atoms with E-state index in [-0.39, 0.29) is 18.4 Å². The zero-order chi connectivity index (χ0) is 16.9. The van der Waals surface area contributed by atoms with E-state index < -0.39 is 6.04 Å². The molecular formula is C18H20N2O3S. The summed E-state index contributed by atoms with van der Waals surface area (Å²) in [4.78, 5) is 26.5. The minimum absolute atomic E-state index is 0.0358. The van der Waals surface area contributed by atoms with Gasteiger partial charge in [-0.05, 0) is 46.9 Å². The number of nitrogens with one attached hydrogen (secondary N) is 1. The van der Waals surface area contributed by atoms with Crippen molar-refractivity contribution in [3.8, 4) is 0 Å². The van der Waals surface area contributed by atoms with Crippen molar-refractivity contribution in [3.05, 3.63) is 52.2 Å². The van der Waals surface area contributed by atoms with Gasteiger partial charge in [-0.2, -0.15) is 11.3 Å². The Balaban J connectivity index is 1.70. The summed E-state index contributed by atoms with van der Waals surface area (Å²) >= 11 is 1.51. The first-order chi connectivity index (χ1) is 11.7. The van der Waals surface area contributed by atoms with Crippen molar-refractivity contribution in [2.24, 2.45) is 0 Å². The fourth-order valence-corrected chi connectivity index (χ4v) is 3.66. The molecule has 6 heteroatoms. The highest BCUT2D eigenvalue weighted by Gasteiger charge is 2.26. The minimum atomic E-state index is -0.620. The summed E-state index contributed by atoms with van der Waals surface area (Å²) in [5.74, 6) is -0.425. The summed E-state index contributed by atoms with van der Waals surface area (Å²) in [7, 11) is 1.35. The van der Waals surface area contributed by atoms with Crippen LogP contribution in [0.5, 0.6) is 0 Å². The molecule has 0 fully saturated rings. The zero-order valence-corrected chi connectivity index (χ0v) is 14.3. The number of carbonyl (C=O) groups is 2. The van der Waals surface area contributed by atoms with E-state index in [1.807, 2.05) is 35.0 Å². The van der Waals surface area contributed by atoms with Crippen molar-refractivity contribution >= 4 is 28.9 Å². The van der Waals surface area contributed by atoms with E-state index in [2.05, 4.69) is 11.4 Å². The fraction of sp³-hybridized carbons (Fsp3) is 0.333. The van der Waals surface area contributed by atoms with Crippen LogP contribution in [-0.2, 0) is 20.7 Å². The van der Waals surface area contributed by atoms with E-state index >= 15 is 0 Å². The molecule has 24 heavy (non-hydrogen) atoms. The van der Waals surface area contributed by atoms with Crippen LogP contribution in [0, 0.1) is 0 Å². The number of esters is 1. The molecule has 1 N–H and O–H groups in total. The zero-order valence-electron chi connectivity index (χ0n) is 13.5. The van der Waals surface area contributed by atoms with Crippen LogP contribution in [0.3, 0.4) is 0 Å². The first-order valence-corrected chi connectivity index (χ1v) is 8.86. The van der Waals surface area contributed by atoms with Crippen LogP contribution in [-0.4, -0.2) is 32.1 Å². The Kier molecular flexibility index (Phi) is 5.27. The van der Waals surface area contributed by atoms with Crippen molar-refractivity contribution in [1.29, 1.82) is 0 Å². The number of nitrogens with zero attached hydrogens (tertiary/aromatic N) is 1. The normalized spacial score (nSPS) is 14.8. The molecule has 1 atom stereocenters. The number of amides is 1. The van der Waals surface area contributed by atoms with Gasteiger partial charge in [0.25, 0.3) is 0 Å². The monoisotopic (exact) mass is 344 g/mol. The molecule has 0 radical (unpaired) electrons. The molecule has 1 aromatic heterocycles. The molecular weight excluding hydrogens is 324 g/mol. The second-order valence-corrected chi connectivity index (χ2v) is 6.45. The molecule has 0 bridgehead atoms. The summed E-state index contributed by atoms with van der Waals surface area (Å²) in [5.41, 5.74) is 2.99. The molecule has 0 saturated heterocycles. The standard InChI is InChI=1S/C18H20N2O3S/c1-23-18(22)17(14-8-10-24-12-14)19-11-16(21)20-9-4-6-13-5-2-3-7-15(13)20/h2-3,5,7-8,10,12,17,19H,4,6,9,11H2,1H3/t17-/m0/s1. The van der Waals surface area contributed by atoms with Gasteiger partial charge in [-0.15, -0.1) is 0 Å². The number of methoxy groups -OCH3 is 1. The van der Waals surface area contributed by atoms with Crippen molar-refractivity contribution in [2.45, 2.75) is 18.9 Å². The Bertz CT molecular complexity index is 715. The highest BCUT2D eigenvalue weighted by atomic mass is 32.1. The van der Waals surface area contributed by atoms with Crippen LogP contribution in [0.1, 0.15) is 23.6 Å². The van der Waals surface area contributed by atoms with E-state index in [4.69, 9.17) is 4.74 Å². The number of hydrogen-bond donors (Lipinski definition) is 1. The number of benzene rings is 1. The molecule has 3 rings (SSSR count). The van der Waals surface area contributed by atoms with E-state index in [0.717, 1.165) is 24.1 Å². The second-order valence-electron chi connectivity index (χ2n) is 5.67. The number of carbonyl (C=O) groups excluding carboxylic acids is 2. The highest BCUT2D eigenvalue weighted by molar-refractivity contribution is 7.08. The number of para-hydroxylation sites is 1. The highest BCUT2D eigenvalue weighted by Crippen LogP contribution is 2.26. The molecule has 0 saturated carbocycles. The van der Waals surface area contributed by atoms with Gasteiger partial charge in [-0.25, -0.2) is 4.79 Å². The first-order valence-electron chi connectivity index (χ1n) is 7.92. The molecule has 1 aliphatic rings. The minimum Gasteiger partial charge on any atom is -0.468 e. The lowest BCUT2D eigenvalue weighted by atomic mass is 10.0. The number of rotatable bonds is 5. The SMILES string of the molecule is COC(=O)[C@@H](NCC(=O)N1CCCc2ccccc21)c1ccsc1. The Morgan fingerprint density at radius 2 is 2.17 bits per heavy atom. The maximum absolute atomic E-state index is 12.7. The van der Waals surface area contributed by atoms with E-state index in [9.17, 15) is 9.59 Å². The molecule has 1 aromatic carbocycles. The van der Waals surface area contributed by atoms with Gasteiger partial charge >= 0.3 is 5.97 Å². The third-order valence-electron chi connectivity index (χ3n) is 4.18. The number of fused-ring (bicyclic) bond motifs is 1. The average molecular weight is 344 g/mol. The second kappa shape index (κ2) is 7.59. The van der Waals surface area contributed by atoms with Crippen molar-refractivity contribution < 1.29 is 14.3 Å². The van der Waals surface area contributed by atoms with Gasteiger partial charge in [0, 0.05) is 12.2 Å². The lowest BCUT2D eigenvalue weighted by Gasteiger charge is -2.30. The summed E-state index contributed by atoms with van der Waals surface area (Å²) in [6.45, 7) is 0.794. The summed E-state index contributed by atoms with van der Waals surface area (Å²) in [5, 5.41) is 6.82. The predicted molar refractivity (Wildman–Crippen MR) is 94.2 cm³/mol. The van der Waals surface area contributed by atoms with Crippen molar-refractivity contribution in [3.63, 3.8) is 0 Å². The van der Waals surface area contributed by atoms with Gasteiger partial charge < -0.3 is 9.64 Å². The van der Waals surface area contributed by atoms with Gasteiger partial charge in [0.1, 0.15) is 6.04 Å². The molecule has 0 spiro atoms. The van der Waals surface area contributed by atoms with Crippen LogP contribution in [0.4, 0.5) is 5.69 Å². The Labute approximate surface area is 145 Å². The van der Waals surface area contributed by atoms with Gasteiger partial charge in [-0.1, -0.05) is 18.2 Å². The Morgan fingerprint density at radius 3 is 2.92 bits per heavy atom. The molecule has 1 amide bonds. The maximum atomic E-state index is 12.7. The van der Waals surface area contributed by atoms with Crippen LogP contribution >= 0.6 is 11.3 Å². The topological polar surface area (TPSA) is 58.6 Å². The Morgan fingerprint density at radius 1 is 1.33 bits per heavy atom. The smallest absolute Gasteiger partial charge is 0.327 e. The van der Waals surface area contributed by atoms with E-state index in [1.54, 1.807) is 4.90 Å². The number of hydrogen-bond acceptors (Lipinski definition) is 5. The molecule has 5 nitrogen and oxygen atoms in total. The lowest BCUT2D eigenvalue weighted by Crippen LogP contribution is -2.43. The number of anilines is 1. The van der Waals surface area contributed by atoms with Crippen LogP contribution in [0.2, 0.25) is 0 Å². The molecule has 2 aromatic rings. The van der Waals surface area contributed by atoms with Crippen molar-refractivity contribution in [2.75, 3.05) is 25.1 Å². The van der Waals surface area contributed by atoms with Crippen LogP contribution in [0.25, 0.3) is 0 Å². The van der Waals surface area contributed by atoms with Crippen LogP contribution in [0.15, 0.2) is 41.1 Å². The van der Waals surface area contributed by atoms with Gasteiger partial charge in [0.15, 0.2) is 0 Å². The number of ether oxygens (including phenoxy) is 1. The lowest BCUT2D eigenvalue weighted by molar-refractivity contribution is -0.143. The van der Waals surface area contributed by atoms with Gasteiger partial charge in [-0.3, -0.25) is 10.1 Å². The van der Waals surface area contributed by atoms with E-state index in [0.29, 0.717) is 6.54 Å². The fourth-order valence-electron chi connectivity index (χ4n) is 2.97. The number of aryl methyl sites for hydroxylation is 1. The van der Waals surface area contributed by atoms with Gasteiger partial charge in [0.05, 0.1) is 13.7 Å². The summed E-state index contributed by atoms with van der Waals surface area (Å²) < 4.78 is 4.85. The summed E-state index contributed by atoms with van der Waals surface area (Å²) in [6.07, 6.45) is 1.95. The average Bonchev–Trinajstić information content (AvgIpc) is 3.15. The largest absolute Gasteiger partial charge is 0.468 e. The van der Waals surface area contributed by atoms with Gasteiger partial charge in [0.2, 0.25) is 5.91 Å². The predicted octanol–water partition coefficient (Wildman–Crippen LogP) is 2.53. The van der Waals surface area contributed by atoms with Crippen LogP contribution < -0.4 is 10.2 Å². The molecule has 126 valence electrons.